The molecule has 0 aliphatic carbocycles. The minimum atomic E-state index is -3.35. The summed E-state index contributed by atoms with van der Waals surface area (Å²) < 4.78 is 57.9. The molecule has 0 saturated carbocycles. The van der Waals surface area contributed by atoms with Crippen molar-refractivity contribution in [2.24, 2.45) is 0 Å². The number of pyridine rings is 1. The lowest BCUT2D eigenvalue weighted by molar-refractivity contribution is 0.199. The first-order chi connectivity index (χ1) is 20.6. The second kappa shape index (κ2) is 14.5. The fraction of sp³-hybridized carbons (Fsp3) is 0.226. The van der Waals surface area contributed by atoms with Crippen LogP contribution < -0.4 is 19.7 Å². The number of carbonyl (C=O) groups is 1. The molecule has 4 aromatic rings. The van der Waals surface area contributed by atoms with E-state index < -0.39 is 15.8 Å². The molecule has 1 aliphatic rings. The second-order valence-corrected chi connectivity index (χ2v) is 12.0. The van der Waals surface area contributed by atoms with Crippen molar-refractivity contribution in [3.63, 3.8) is 0 Å². The largest absolute Gasteiger partial charge is 0.439 e. The van der Waals surface area contributed by atoms with Crippen LogP contribution in [0.4, 0.5) is 30.6 Å². The Labute approximate surface area is 261 Å². The van der Waals surface area contributed by atoms with Gasteiger partial charge < -0.3 is 10.1 Å². The molecule has 2 N–H and O–H groups in total. The maximum atomic E-state index is 13.6. The van der Waals surface area contributed by atoms with Gasteiger partial charge in [-0.3, -0.25) is 14.5 Å². The summed E-state index contributed by atoms with van der Waals surface area (Å²) in [7, 11) is -3.35. The number of ether oxygens (including phenoxy) is 1. The predicted octanol–water partition coefficient (Wildman–Crippen LogP) is 6.65. The smallest absolute Gasteiger partial charge is 0.326 e. The summed E-state index contributed by atoms with van der Waals surface area (Å²) in [6, 6.07) is 21.2. The maximum Gasteiger partial charge on any atom is 0.326 e. The van der Waals surface area contributed by atoms with Gasteiger partial charge in [0.25, 0.3) is 0 Å². The normalized spacial score (nSPS) is 13.9. The van der Waals surface area contributed by atoms with Crippen LogP contribution in [0.5, 0.6) is 11.6 Å². The molecule has 1 fully saturated rings. The van der Waals surface area contributed by atoms with Gasteiger partial charge in [0.1, 0.15) is 17.4 Å². The summed E-state index contributed by atoms with van der Waals surface area (Å²) in [4.78, 5) is 21.7. The van der Waals surface area contributed by atoms with Gasteiger partial charge in [-0.2, -0.15) is 0 Å². The molecule has 44 heavy (non-hydrogen) atoms. The van der Waals surface area contributed by atoms with E-state index in [1.807, 2.05) is 6.07 Å². The summed E-state index contributed by atoms with van der Waals surface area (Å²) in [6.07, 6.45) is 4.24. The van der Waals surface area contributed by atoms with Crippen molar-refractivity contribution in [1.82, 2.24) is 9.88 Å². The molecule has 13 heteroatoms. The number of piperidine rings is 1. The van der Waals surface area contributed by atoms with Crippen LogP contribution in [0.25, 0.3) is 0 Å². The number of rotatable bonds is 9. The van der Waals surface area contributed by atoms with Crippen molar-refractivity contribution in [3.8, 4) is 11.6 Å². The van der Waals surface area contributed by atoms with E-state index in [-0.39, 0.29) is 30.3 Å². The van der Waals surface area contributed by atoms with Crippen molar-refractivity contribution in [3.05, 3.63) is 108 Å². The van der Waals surface area contributed by atoms with Gasteiger partial charge in [0.15, 0.2) is 0 Å². The maximum absolute atomic E-state index is 13.6. The van der Waals surface area contributed by atoms with Crippen molar-refractivity contribution in [1.29, 1.82) is 0 Å². The van der Waals surface area contributed by atoms with Crippen LogP contribution in [0, 0.1) is 11.6 Å². The third-order valence-electron chi connectivity index (χ3n) is 6.93. The molecule has 1 saturated heterocycles. The van der Waals surface area contributed by atoms with E-state index in [9.17, 15) is 22.0 Å². The van der Waals surface area contributed by atoms with Crippen molar-refractivity contribution in [2.45, 2.75) is 25.4 Å². The van der Waals surface area contributed by atoms with Crippen LogP contribution in [0.3, 0.4) is 0 Å². The summed E-state index contributed by atoms with van der Waals surface area (Å²) >= 11 is 0. The fourth-order valence-electron chi connectivity index (χ4n) is 4.90. The molecule has 3 aromatic carbocycles. The number of nitrogens with zero attached hydrogens (tertiary/aromatic N) is 3. The minimum Gasteiger partial charge on any atom is -0.439 e. The molecule has 9 nitrogen and oxygen atoms in total. The highest BCUT2D eigenvalue weighted by Gasteiger charge is 2.29. The molecule has 1 aliphatic heterocycles. The number of nitrogens with one attached hydrogen (secondary N) is 2. The van der Waals surface area contributed by atoms with Crippen LogP contribution in [-0.2, 0) is 16.6 Å². The second-order valence-electron chi connectivity index (χ2n) is 10.3. The van der Waals surface area contributed by atoms with Gasteiger partial charge in [-0.1, -0.05) is 6.07 Å². The standard InChI is InChI=1S/C31H31F2N5O4S.ClH/c1-43(40,41)36-26-9-13-29(14-10-26)42-30-15-2-22(20-34-30)21-37-18-16-28(17-19-37)38(27-11-5-24(33)6-12-27)31(39)35-25-7-3-23(32)4-8-25;/h2-15,20,28,36H,16-19,21H2,1H3,(H,35,39);1H. The Morgan fingerprint density at radius 1 is 0.909 bits per heavy atom. The quantitative estimate of drug-likeness (QED) is 0.212. The van der Waals surface area contributed by atoms with Crippen LogP contribution >= 0.6 is 12.4 Å². The zero-order valence-electron chi connectivity index (χ0n) is 23.8. The Morgan fingerprint density at radius 3 is 2.07 bits per heavy atom. The zero-order chi connectivity index (χ0) is 30.4. The molecule has 0 spiro atoms. The van der Waals surface area contributed by atoms with Gasteiger partial charge >= 0.3 is 6.03 Å². The van der Waals surface area contributed by atoms with Crippen molar-refractivity contribution in [2.75, 3.05) is 34.3 Å². The SMILES string of the molecule is CS(=O)(=O)Nc1ccc(Oc2ccc(CN3CCC(N(C(=O)Nc4ccc(F)cc4)c4ccc(F)cc4)CC3)cn2)cc1.Cl. The lowest BCUT2D eigenvalue weighted by Gasteiger charge is -2.38. The van der Waals surface area contributed by atoms with E-state index in [2.05, 4.69) is 19.9 Å². The van der Waals surface area contributed by atoms with E-state index >= 15 is 0 Å². The van der Waals surface area contributed by atoms with E-state index in [4.69, 9.17) is 4.74 Å². The molecule has 0 bridgehead atoms. The van der Waals surface area contributed by atoms with Crippen molar-refractivity contribution >= 4 is 45.5 Å². The highest BCUT2D eigenvalue weighted by molar-refractivity contribution is 7.92. The molecular formula is C31H32ClF2N5O4S. The fourth-order valence-corrected chi connectivity index (χ4v) is 5.46. The lowest BCUT2D eigenvalue weighted by Crippen LogP contribution is -2.49. The van der Waals surface area contributed by atoms with E-state index in [0.717, 1.165) is 24.9 Å². The Balaban J connectivity index is 0.00000442. The van der Waals surface area contributed by atoms with Gasteiger partial charge in [0.05, 0.1) is 6.26 Å². The molecular weight excluding hydrogens is 612 g/mol. The minimum absolute atomic E-state index is 0. The van der Waals surface area contributed by atoms with E-state index in [1.54, 1.807) is 53.6 Å². The Kier molecular flexibility index (Phi) is 10.7. The van der Waals surface area contributed by atoms with Gasteiger partial charge in [0, 0.05) is 55.0 Å². The third-order valence-corrected chi connectivity index (χ3v) is 7.53. The third kappa shape index (κ3) is 9.12. The van der Waals surface area contributed by atoms with Crippen LogP contribution in [0.1, 0.15) is 18.4 Å². The number of sulfonamides is 1. The van der Waals surface area contributed by atoms with Crippen LogP contribution in [0.2, 0.25) is 0 Å². The first-order valence-corrected chi connectivity index (χ1v) is 15.5. The number of hydrogen-bond donors (Lipinski definition) is 2. The Morgan fingerprint density at radius 2 is 1.50 bits per heavy atom. The highest BCUT2D eigenvalue weighted by Crippen LogP contribution is 2.27. The topological polar surface area (TPSA) is 104 Å². The number of carbonyl (C=O) groups excluding carboxylic acids is 1. The predicted molar refractivity (Wildman–Crippen MR) is 169 cm³/mol. The van der Waals surface area contributed by atoms with Gasteiger partial charge in [-0.25, -0.2) is 27.0 Å². The van der Waals surface area contributed by atoms with E-state index in [0.29, 0.717) is 48.1 Å². The Hall–Kier alpha value is -4.26. The number of benzene rings is 3. The average molecular weight is 644 g/mol. The number of aromatic nitrogens is 1. The molecule has 0 radical (unpaired) electrons. The number of halogens is 3. The monoisotopic (exact) mass is 643 g/mol. The number of urea groups is 1. The Bertz CT molecular complexity index is 1630. The summed E-state index contributed by atoms with van der Waals surface area (Å²) in [5, 5.41) is 2.83. The number of anilines is 3. The van der Waals surface area contributed by atoms with Gasteiger partial charge in [-0.15, -0.1) is 12.4 Å². The molecule has 2 amide bonds. The number of likely N-dealkylation sites (tertiary alicyclic amines) is 1. The van der Waals surface area contributed by atoms with Crippen LogP contribution in [0.15, 0.2) is 91.1 Å². The zero-order valence-corrected chi connectivity index (χ0v) is 25.5. The summed E-state index contributed by atoms with van der Waals surface area (Å²) in [6.45, 7) is 2.14. The first-order valence-electron chi connectivity index (χ1n) is 13.7. The molecule has 5 rings (SSSR count). The molecule has 0 atom stereocenters. The summed E-state index contributed by atoms with van der Waals surface area (Å²) in [5.74, 6) is 0.153. The molecule has 2 heterocycles. The molecule has 1 aromatic heterocycles. The van der Waals surface area contributed by atoms with E-state index in [1.165, 1.54) is 36.4 Å². The van der Waals surface area contributed by atoms with Crippen LogP contribution in [-0.4, -0.2) is 49.7 Å². The lowest BCUT2D eigenvalue weighted by atomic mass is 10.0. The number of amides is 2. The average Bonchev–Trinajstić information content (AvgIpc) is 2.98. The highest BCUT2D eigenvalue weighted by atomic mass is 35.5. The van der Waals surface area contributed by atoms with Gasteiger partial charge in [0.2, 0.25) is 15.9 Å². The summed E-state index contributed by atoms with van der Waals surface area (Å²) in [5.41, 5.74) is 2.50. The first kappa shape index (κ1) is 32.6. The number of hydrogen-bond acceptors (Lipinski definition) is 6. The van der Waals surface area contributed by atoms with Gasteiger partial charge in [-0.05, 0) is 91.2 Å². The van der Waals surface area contributed by atoms with Crippen molar-refractivity contribution < 1.29 is 26.7 Å². The molecule has 232 valence electrons. The molecule has 0 unspecified atom stereocenters.